The summed E-state index contributed by atoms with van der Waals surface area (Å²) in [5.74, 6) is 7.03. The summed E-state index contributed by atoms with van der Waals surface area (Å²) in [6.45, 7) is 0. The second kappa shape index (κ2) is 5.90. The Kier molecular flexibility index (Phi) is 3.98. The SMILES string of the molecule is Nn1c(SCc2ccc(Br)cc2F)nnc1-c1ccco1. The van der Waals surface area contributed by atoms with Crippen LogP contribution in [0.5, 0.6) is 0 Å². The van der Waals surface area contributed by atoms with E-state index in [2.05, 4.69) is 26.1 Å². The standard InChI is InChI=1S/C13H10BrFN4OS/c14-9-4-3-8(10(15)6-9)7-21-13-18-17-12(19(13)16)11-2-1-5-20-11/h1-6H,7,16H2. The third-order valence-electron chi connectivity index (χ3n) is 2.78. The molecule has 0 bridgehead atoms. The summed E-state index contributed by atoms with van der Waals surface area (Å²) in [7, 11) is 0. The third-order valence-corrected chi connectivity index (χ3v) is 4.26. The molecular formula is C13H10BrFN4OS. The molecule has 0 fully saturated rings. The molecule has 0 saturated heterocycles. The highest BCUT2D eigenvalue weighted by Gasteiger charge is 2.14. The molecular weight excluding hydrogens is 359 g/mol. The second-order valence-corrected chi connectivity index (χ2v) is 6.04. The van der Waals surface area contributed by atoms with E-state index in [0.717, 1.165) is 0 Å². The first-order chi connectivity index (χ1) is 10.1. The van der Waals surface area contributed by atoms with Crippen molar-refractivity contribution in [2.45, 2.75) is 10.9 Å². The monoisotopic (exact) mass is 368 g/mol. The van der Waals surface area contributed by atoms with Crippen LogP contribution in [0.1, 0.15) is 5.56 Å². The van der Waals surface area contributed by atoms with Gasteiger partial charge in [0.15, 0.2) is 5.76 Å². The summed E-state index contributed by atoms with van der Waals surface area (Å²) < 4.78 is 21.0. The topological polar surface area (TPSA) is 69.9 Å². The van der Waals surface area contributed by atoms with Gasteiger partial charge in [-0.2, -0.15) is 0 Å². The lowest BCUT2D eigenvalue weighted by molar-refractivity contribution is 0.574. The van der Waals surface area contributed by atoms with Crippen LogP contribution in [-0.4, -0.2) is 14.9 Å². The number of benzene rings is 1. The van der Waals surface area contributed by atoms with Gasteiger partial charge < -0.3 is 10.3 Å². The highest BCUT2D eigenvalue weighted by Crippen LogP contribution is 2.26. The molecule has 0 aliphatic rings. The van der Waals surface area contributed by atoms with Gasteiger partial charge in [-0.15, -0.1) is 10.2 Å². The van der Waals surface area contributed by atoms with Crippen LogP contribution in [0.2, 0.25) is 0 Å². The number of hydrogen-bond donors (Lipinski definition) is 1. The normalized spacial score (nSPS) is 11.0. The van der Waals surface area contributed by atoms with Crippen LogP contribution in [0, 0.1) is 5.82 Å². The van der Waals surface area contributed by atoms with E-state index < -0.39 is 0 Å². The van der Waals surface area contributed by atoms with Crippen molar-refractivity contribution in [3.63, 3.8) is 0 Å². The Bertz CT molecular complexity index is 760. The Labute approximate surface area is 132 Å². The molecule has 108 valence electrons. The van der Waals surface area contributed by atoms with Crippen molar-refractivity contribution < 1.29 is 8.81 Å². The Balaban J connectivity index is 1.77. The molecule has 21 heavy (non-hydrogen) atoms. The molecule has 0 atom stereocenters. The summed E-state index contributed by atoms with van der Waals surface area (Å²) in [4.78, 5) is 0. The van der Waals surface area contributed by atoms with Gasteiger partial charge in [-0.25, -0.2) is 9.07 Å². The lowest BCUT2D eigenvalue weighted by Crippen LogP contribution is -2.11. The fourth-order valence-electron chi connectivity index (χ4n) is 1.73. The minimum Gasteiger partial charge on any atom is -0.461 e. The molecule has 2 N–H and O–H groups in total. The molecule has 0 aliphatic heterocycles. The number of nitrogen functional groups attached to an aromatic ring is 1. The van der Waals surface area contributed by atoms with Crippen LogP contribution in [0.3, 0.4) is 0 Å². The van der Waals surface area contributed by atoms with Gasteiger partial charge in [-0.1, -0.05) is 33.8 Å². The highest BCUT2D eigenvalue weighted by atomic mass is 79.9. The molecule has 0 radical (unpaired) electrons. The fourth-order valence-corrected chi connectivity index (χ4v) is 2.91. The second-order valence-electron chi connectivity index (χ2n) is 4.18. The minimum atomic E-state index is -0.272. The number of thioether (sulfide) groups is 1. The van der Waals surface area contributed by atoms with Gasteiger partial charge in [-0.05, 0) is 29.8 Å². The molecule has 2 aromatic heterocycles. The van der Waals surface area contributed by atoms with E-state index in [9.17, 15) is 4.39 Å². The zero-order valence-electron chi connectivity index (χ0n) is 10.7. The van der Waals surface area contributed by atoms with E-state index in [-0.39, 0.29) is 5.82 Å². The minimum absolute atomic E-state index is 0.272. The summed E-state index contributed by atoms with van der Waals surface area (Å²) in [5.41, 5.74) is 0.575. The molecule has 8 heteroatoms. The third kappa shape index (κ3) is 2.96. The summed E-state index contributed by atoms with van der Waals surface area (Å²) in [6.07, 6.45) is 1.54. The van der Waals surface area contributed by atoms with Crippen molar-refractivity contribution in [2.24, 2.45) is 0 Å². The van der Waals surface area contributed by atoms with Gasteiger partial charge in [0.1, 0.15) is 5.82 Å². The van der Waals surface area contributed by atoms with Crippen molar-refractivity contribution in [3.8, 4) is 11.6 Å². The number of hydrogen-bond acceptors (Lipinski definition) is 5. The number of furan rings is 1. The van der Waals surface area contributed by atoms with Gasteiger partial charge in [0.05, 0.1) is 6.26 Å². The van der Waals surface area contributed by atoms with E-state index in [4.69, 9.17) is 10.3 Å². The van der Waals surface area contributed by atoms with Crippen LogP contribution in [0.4, 0.5) is 4.39 Å². The zero-order valence-corrected chi connectivity index (χ0v) is 13.1. The average Bonchev–Trinajstić information content (AvgIpc) is 3.08. The van der Waals surface area contributed by atoms with E-state index in [1.54, 1.807) is 24.3 Å². The van der Waals surface area contributed by atoms with Crippen molar-refractivity contribution in [1.29, 1.82) is 0 Å². The Morgan fingerprint density at radius 2 is 2.19 bits per heavy atom. The summed E-state index contributed by atoms with van der Waals surface area (Å²) in [5, 5.41) is 8.46. The van der Waals surface area contributed by atoms with Gasteiger partial charge in [-0.3, -0.25) is 0 Å². The quantitative estimate of drug-likeness (QED) is 0.564. The Hall–Kier alpha value is -1.80. The smallest absolute Gasteiger partial charge is 0.218 e. The number of rotatable bonds is 4. The van der Waals surface area contributed by atoms with E-state index in [1.807, 2.05) is 0 Å². The van der Waals surface area contributed by atoms with Crippen molar-refractivity contribution in [3.05, 3.63) is 52.4 Å². The molecule has 0 unspecified atom stereocenters. The maximum absolute atomic E-state index is 13.7. The van der Waals surface area contributed by atoms with Gasteiger partial charge in [0.25, 0.3) is 0 Å². The number of halogens is 2. The lowest BCUT2D eigenvalue weighted by atomic mass is 10.2. The first kappa shape index (κ1) is 14.2. The first-order valence-electron chi connectivity index (χ1n) is 5.96. The van der Waals surface area contributed by atoms with Crippen LogP contribution in [-0.2, 0) is 5.75 Å². The molecule has 0 aliphatic carbocycles. The number of nitrogens with two attached hydrogens (primary N) is 1. The van der Waals surface area contributed by atoms with Gasteiger partial charge in [0, 0.05) is 10.2 Å². The maximum atomic E-state index is 13.7. The van der Waals surface area contributed by atoms with Crippen molar-refractivity contribution in [2.75, 3.05) is 5.84 Å². The van der Waals surface area contributed by atoms with Crippen LogP contribution >= 0.6 is 27.7 Å². The summed E-state index contributed by atoms with van der Waals surface area (Å²) >= 11 is 4.53. The van der Waals surface area contributed by atoms with Crippen LogP contribution < -0.4 is 5.84 Å². The van der Waals surface area contributed by atoms with Gasteiger partial charge >= 0.3 is 0 Å². The molecule has 2 heterocycles. The fraction of sp³-hybridized carbons (Fsp3) is 0.0769. The predicted molar refractivity (Wildman–Crippen MR) is 81.5 cm³/mol. The van der Waals surface area contributed by atoms with Crippen LogP contribution in [0.15, 0.2) is 50.6 Å². The van der Waals surface area contributed by atoms with Crippen molar-refractivity contribution >= 4 is 27.7 Å². The molecule has 3 aromatic rings. The summed E-state index contributed by atoms with van der Waals surface area (Å²) in [6, 6.07) is 8.43. The molecule has 3 rings (SSSR count). The largest absolute Gasteiger partial charge is 0.461 e. The molecule has 0 amide bonds. The zero-order chi connectivity index (χ0) is 14.8. The maximum Gasteiger partial charge on any atom is 0.218 e. The van der Waals surface area contributed by atoms with E-state index in [0.29, 0.717) is 32.5 Å². The molecule has 0 saturated carbocycles. The van der Waals surface area contributed by atoms with Crippen molar-refractivity contribution in [1.82, 2.24) is 14.9 Å². The Morgan fingerprint density at radius 1 is 1.33 bits per heavy atom. The lowest BCUT2D eigenvalue weighted by Gasteiger charge is -2.04. The first-order valence-corrected chi connectivity index (χ1v) is 7.74. The number of aromatic nitrogens is 3. The van der Waals surface area contributed by atoms with Gasteiger partial charge in [0.2, 0.25) is 11.0 Å². The highest BCUT2D eigenvalue weighted by molar-refractivity contribution is 9.10. The Morgan fingerprint density at radius 3 is 2.90 bits per heavy atom. The van der Waals surface area contributed by atoms with Crippen LogP contribution in [0.25, 0.3) is 11.6 Å². The van der Waals surface area contributed by atoms with E-state index in [1.165, 1.54) is 28.8 Å². The molecule has 0 spiro atoms. The average molecular weight is 369 g/mol. The van der Waals surface area contributed by atoms with E-state index >= 15 is 0 Å². The predicted octanol–water partition coefficient (Wildman–Crippen LogP) is 3.45. The molecule has 1 aromatic carbocycles. The number of nitrogens with zero attached hydrogens (tertiary/aromatic N) is 3. The molecule has 5 nitrogen and oxygen atoms in total.